The van der Waals surface area contributed by atoms with Crippen LogP contribution in [0.1, 0.15) is 175 Å². The number of amides is 8. The van der Waals surface area contributed by atoms with E-state index in [9.17, 15) is 52.7 Å². The Kier molecular flexibility index (Phi) is 32.1. The second kappa shape index (κ2) is 38.2. The molecule has 1 fully saturated rings. The molecule has 2 aromatic carbocycles. The fourth-order valence-electron chi connectivity index (χ4n) is 12.9. The summed E-state index contributed by atoms with van der Waals surface area (Å²) in [7, 11) is 6.33. The molecule has 0 unspecified atom stereocenters. The van der Waals surface area contributed by atoms with E-state index >= 15 is 0 Å². The largest absolute Gasteiger partial charge is 0.445 e. The second-order valence-electron chi connectivity index (χ2n) is 26.5. The van der Waals surface area contributed by atoms with Crippen molar-refractivity contribution in [3.8, 4) is 0 Å². The molecule has 21 nitrogen and oxygen atoms in total. The smallest absolute Gasteiger partial charge is 0.410 e. The summed E-state index contributed by atoms with van der Waals surface area (Å²) in [5.74, 6) is -5.18. The maximum Gasteiger partial charge on any atom is 0.410 e. The summed E-state index contributed by atoms with van der Waals surface area (Å²) in [6, 6.07) is 13.3. The molecule has 2 aliphatic heterocycles. The lowest BCUT2D eigenvalue weighted by atomic mass is 9.83. The summed E-state index contributed by atoms with van der Waals surface area (Å²) in [5, 5.41) is 5.39. The fraction of sp³-hybridized carbons (Fsp3) is 0.648. The van der Waals surface area contributed by atoms with Crippen molar-refractivity contribution in [2.24, 2.45) is 47.2 Å². The molecular formula is C71H107N7O14. The molecule has 21 heteroatoms. The number of hydrogen-bond donors (Lipinski definition) is 3. The Hall–Kier alpha value is -7.13. The summed E-state index contributed by atoms with van der Waals surface area (Å²) in [6.45, 7) is 19.8. The van der Waals surface area contributed by atoms with Gasteiger partial charge in [-0.1, -0.05) is 137 Å². The van der Waals surface area contributed by atoms with Crippen LogP contribution in [0.3, 0.4) is 0 Å². The molecule has 92 heavy (non-hydrogen) atoms. The minimum atomic E-state index is -0.951. The Morgan fingerprint density at radius 1 is 0.696 bits per heavy atom. The second-order valence-corrected chi connectivity index (χ2v) is 26.5. The molecule has 0 saturated carbocycles. The number of ketones is 4. The molecule has 2 heterocycles. The summed E-state index contributed by atoms with van der Waals surface area (Å²) >= 11 is 0. The number of rotatable bonds is 41. The molecule has 0 bridgehead atoms. The van der Waals surface area contributed by atoms with E-state index in [-0.39, 0.29) is 141 Å². The normalized spacial score (nSPS) is 17.3. The van der Waals surface area contributed by atoms with E-state index < -0.39 is 66.1 Å². The van der Waals surface area contributed by atoms with E-state index in [4.69, 9.17) is 19.9 Å². The predicted octanol–water partition coefficient (Wildman–Crippen LogP) is 8.96. The number of carbonyl (C=O) groups is 11. The van der Waals surface area contributed by atoms with Gasteiger partial charge >= 0.3 is 12.1 Å². The maximum absolute atomic E-state index is 14.9. The van der Waals surface area contributed by atoms with Crippen molar-refractivity contribution in [1.29, 1.82) is 0 Å². The number of primary amides is 1. The minimum Gasteiger partial charge on any atom is -0.445 e. The number of urea groups is 1. The summed E-state index contributed by atoms with van der Waals surface area (Å²) in [6.07, 6.45) is 5.05. The molecule has 2 aliphatic rings. The molecule has 1 saturated heterocycles. The van der Waals surface area contributed by atoms with Gasteiger partial charge in [-0.3, -0.25) is 48.1 Å². The number of hydrogen-bond acceptors (Lipinski definition) is 14. The lowest BCUT2D eigenvalue weighted by Crippen LogP contribution is -2.54. The SMILES string of the molecule is CC[C@H](C)[C@@H]([C@@H](CC(=O)N1CCC[C@H]1[C@H](OC)[C@@H](C)C(=O)C[C@H](C)c1ccccc1)OC)N(C)C(=O)[C@@H](CC(=O)[C@H](C(C)C)N(C)C(=O)OCc1ccc(CC(=O)[C@H](CCCNC(N)=O)NC(=O)[C@@H](CC(=O)CCCCCN2C(=O)C=CC2=O)C(C)C)cc1)C(C)C. The molecule has 0 aliphatic carbocycles. The topological polar surface area (TPSA) is 278 Å². The third-order valence-corrected chi connectivity index (χ3v) is 18.7. The Morgan fingerprint density at radius 2 is 1.33 bits per heavy atom. The van der Waals surface area contributed by atoms with Crippen molar-refractivity contribution in [1.82, 2.24) is 30.2 Å². The van der Waals surface area contributed by atoms with Crippen LogP contribution in [0, 0.1) is 41.4 Å². The van der Waals surface area contributed by atoms with Crippen molar-refractivity contribution < 1.29 is 67.0 Å². The van der Waals surface area contributed by atoms with Gasteiger partial charge in [0.15, 0.2) is 11.6 Å². The van der Waals surface area contributed by atoms with Gasteiger partial charge in [-0.2, -0.15) is 0 Å². The third-order valence-electron chi connectivity index (χ3n) is 18.7. The number of methoxy groups -OCH3 is 2. The Bertz CT molecular complexity index is 2810. The highest BCUT2D eigenvalue weighted by Crippen LogP contribution is 2.33. The number of benzene rings is 2. The molecule has 0 radical (unpaired) electrons. The summed E-state index contributed by atoms with van der Waals surface area (Å²) in [5.41, 5.74) is 7.56. The molecule has 11 atom stereocenters. The zero-order chi connectivity index (χ0) is 68.5. The van der Waals surface area contributed by atoms with Crippen LogP contribution in [-0.2, 0) is 70.4 Å². The number of unbranched alkanes of at least 4 members (excludes halogenated alkanes) is 2. The first-order valence-electron chi connectivity index (χ1n) is 33.2. The monoisotopic (exact) mass is 1280 g/mol. The van der Waals surface area contributed by atoms with Crippen LogP contribution in [-0.4, -0.2) is 169 Å². The van der Waals surface area contributed by atoms with Crippen LogP contribution in [0.2, 0.25) is 0 Å². The quantitative estimate of drug-likeness (QED) is 0.0414. The van der Waals surface area contributed by atoms with E-state index in [1.807, 2.05) is 104 Å². The first kappa shape index (κ1) is 77.3. The summed E-state index contributed by atoms with van der Waals surface area (Å²) in [4.78, 5) is 153. The Balaban J connectivity index is 1.37. The third kappa shape index (κ3) is 22.9. The maximum atomic E-state index is 14.9. The van der Waals surface area contributed by atoms with Gasteiger partial charge in [0.1, 0.15) is 18.2 Å². The highest BCUT2D eigenvalue weighted by atomic mass is 16.6. The van der Waals surface area contributed by atoms with Crippen molar-refractivity contribution in [3.05, 3.63) is 83.4 Å². The number of nitrogens with two attached hydrogens (primary N) is 1. The van der Waals surface area contributed by atoms with Gasteiger partial charge in [0.25, 0.3) is 11.8 Å². The standard InChI is InChI=1S/C71H107N7O14/c1-15-47(8)66(61(90-13)42-64(85)77-37-23-28-57(77)67(91-14)49(10)58(80)38-48(9)52-24-18-16-19-25-52)75(11)69(87)55(45(4)5)41-60(82)65(46(6)7)76(12)71(89)92-43-51-31-29-50(30-32-51)39-59(81)56(27-22-35-73-70(72)88)74-68(86)54(44(2)3)40-53(79)26-20-17-21-36-78-62(83)33-34-63(78)84/h16,18-19,24-25,29-34,44-49,54-57,61,65-67H,15,17,20-23,26-28,35-43H2,1-14H3,(H,74,86)(H3,72,73,88)/t47-,48-,49-,54-,55-,56-,57-,61+,65-,66-,67+/m0/s1. The van der Waals surface area contributed by atoms with Gasteiger partial charge in [-0.05, 0) is 84.8 Å². The molecule has 8 amide bonds. The van der Waals surface area contributed by atoms with Crippen LogP contribution >= 0.6 is 0 Å². The molecule has 0 aromatic heterocycles. The average Bonchev–Trinajstić information content (AvgIpc) is 2.01. The van der Waals surface area contributed by atoms with E-state index in [1.165, 1.54) is 24.1 Å². The van der Waals surface area contributed by atoms with E-state index in [0.29, 0.717) is 62.6 Å². The first-order valence-corrected chi connectivity index (χ1v) is 33.2. The molecule has 2 aromatic rings. The van der Waals surface area contributed by atoms with E-state index in [1.54, 1.807) is 50.4 Å². The highest BCUT2D eigenvalue weighted by Gasteiger charge is 2.44. The van der Waals surface area contributed by atoms with Crippen LogP contribution in [0.25, 0.3) is 0 Å². The van der Waals surface area contributed by atoms with Gasteiger partial charge in [0.2, 0.25) is 17.7 Å². The van der Waals surface area contributed by atoms with Gasteiger partial charge < -0.3 is 45.3 Å². The van der Waals surface area contributed by atoms with Crippen molar-refractivity contribution in [3.63, 3.8) is 0 Å². The molecule has 4 N–H and O–H groups in total. The zero-order valence-corrected chi connectivity index (χ0v) is 57.2. The Labute approximate surface area is 546 Å². The Morgan fingerprint density at radius 3 is 1.90 bits per heavy atom. The van der Waals surface area contributed by atoms with Gasteiger partial charge in [0, 0.05) is 110 Å². The lowest BCUT2D eigenvalue weighted by molar-refractivity contribution is -0.149. The number of likely N-dealkylation sites (tertiary alicyclic amines) is 1. The van der Waals surface area contributed by atoms with Gasteiger partial charge in [-0.15, -0.1) is 0 Å². The van der Waals surface area contributed by atoms with E-state index in [2.05, 4.69) is 10.6 Å². The fourth-order valence-corrected chi connectivity index (χ4v) is 12.9. The van der Waals surface area contributed by atoms with Crippen LogP contribution in [0.15, 0.2) is 66.7 Å². The number of Topliss-reactive ketones (excluding diaryl/α,β-unsaturated/α-hetero) is 4. The highest BCUT2D eigenvalue weighted by molar-refractivity contribution is 6.12. The minimum absolute atomic E-state index is 0.0191. The van der Waals surface area contributed by atoms with E-state index in [0.717, 1.165) is 16.9 Å². The number of nitrogens with zero attached hydrogens (tertiary/aromatic N) is 4. The van der Waals surface area contributed by atoms with Crippen LogP contribution in [0.5, 0.6) is 0 Å². The van der Waals surface area contributed by atoms with Gasteiger partial charge in [0.05, 0.1) is 42.8 Å². The molecule has 0 spiro atoms. The first-order chi connectivity index (χ1) is 43.6. The number of nitrogens with one attached hydrogen (secondary N) is 2. The number of imide groups is 1. The molecule has 510 valence electrons. The lowest BCUT2D eigenvalue weighted by Gasteiger charge is -2.41. The molecule has 4 rings (SSSR count). The van der Waals surface area contributed by atoms with Crippen molar-refractivity contribution in [2.75, 3.05) is 47.9 Å². The van der Waals surface area contributed by atoms with Gasteiger partial charge in [-0.25, -0.2) is 9.59 Å². The zero-order valence-electron chi connectivity index (χ0n) is 57.2. The number of ether oxygens (including phenoxy) is 3. The predicted molar refractivity (Wildman–Crippen MR) is 351 cm³/mol. The van der Waals surface area contributed by atoms with Crippen molar-refractivity contribution >= 4 is 64.8 Å². The summed E-state index contributed by atoms with van der Waals surface area (Å²) < 4.78 is 17.9. The average molecular weight is 1280 g/mol. The number of likely N-dealkylation sites (N-methyl/N-ethyl adjacent to an activating group) is 2. The molecular weight excluding hydrogens is 1170 g/mol. The van der Waals surface area contributed by atoms with Crippen molar-refractivity contribution in [2.45, 2.75) is 208 Å². The van der Waals surface area contributed by atoms with Crippen LogP contribution in [0.4, 0.5) is 9.59 Å². The number of carbonyl (C=O) groups excluding carboxylic acids is 11. The van der Waals surface area contributed by atoms with Crippen LogP contribution < -0.4 is 16.4 Å².